The van der Waals surface area contributed by atoms with Crippen molar-refractivity contribution >= 4 is 17.9 Å². The van der Waals surface area contributed by atoms with E-state index >= 15 is 0 Å². The molecule has 40 heavy (non-hydrogen) atoms. The number of carboxylic acids is 1. The third-order valence-electron chi connectivity index (χ3n) is 6.43. The normalized spacial score (nSPS) is 13.3. The lowest BCUT2D eigenvalue weighted by atomic mass is 10.0. The van der Waals surface area contributed by atoms with E-state index in [0.29, 0.717) is 30.6 Å². The molecule has 1 aromatic rings. The van der Waals surface area contributed by atoms with Gasteiger partial charge < -0.3 is 25.4 Å². The molecule has 0 aromatic heterocycles. The van der Waals surface area contributed by atoms with Gasteiger partial charge in [0.25, 0.3) is 0 Å². The van der Waals surface area contributed by atoms with Crippen molar-refractivity contribution in [3.8, 4) is 0 Å². The summed E-state index contributed by atoms with van der Waals surface area (Å²) >= 11 is 0. The number of nitrogens with one attached hydrogen (secondary N) is 1. The number of aliphatic hydroxyl groups excluding tert-OH is 2. The number of esters is 2. The minimum Gasteiger partial charge on any atom is -0.481 e. The number of aliphatic carboxylic acids is 1. The first-order valence-electron chi connectivity index (χ1n) is 15.3. The van der Waals surface area contributed by atoms with Crippen LogP contribution in [0.25, 0.3) is 0 Å². The van der Waals surface area contributed by atoms with Crippen LogP contribution in [0.15, 0.2) is 24.3 Å². The Morgan fingerprint density at radius 1 is 0.700 bits per heavy atom. The van der Waals surface area contributed by atoms with Crippen LogP contribution < -0.4 is 5.32 Å². The van der Waals surface area contributed by atoms with Crippen molar-refractivity contribution < 1.29 is 34.4 Å². The molecule has 2 rings (SSSR count). The highest BCUT2D eigenvalue weighted by molar-refractivity contribution is 6.14. The van der Waals surface area contributed by atoms with Gasteiger partial charge in [-0.25, -0.2) is 9.59 Å². The summed E-state index contributed by atoms with van der Waals surface area (Å²) in [4.78, 5) is 32.0. The van der Waals surface area contributed by atoms with Crippen molar-refractivity contribution in [3.63, 3.8) is 0 Å². The van der Waals surface area contributed by atoms with Crippen LogP contribution in [-0.4, -0.2) is 58.5 Å². The Balaban J connectivity index is 0.000000633. The van der Waals surface area contributed by atoms with Crippen molar-refractivity contribution in [2.24, 2.45) is 0 Å². The first-order valence-corrected chi connectivity index (χ1v) is 15.3. The maximum absolute atomic E-state index is 10.8. The molecule has 0 bridgehead atoms. The largest absolute Gasteiger partial charge is 0.481 e. The van der Waals surface area contributed by atoms with Gasteiger partial charge in [-0.15, -0.1) is 0 Å². The van der Waals surface area contributed by atoms with Gasteiger partial charge in [0, 0.05) is 19.5 Å². The zero-order chi connectivity index (χ0) is 30.0. The lowest BCUT2D eigenvalue weighted by molar-refractivity contribution is -0.137. The Kier molecular flexibility index (Phi) is 24.2. The molecular formula is C32H55NO7. The van der Waals surface area contributed by atoms with Gasteiger partial charge in [-0.3, -0.25) is 4.79 Å². The molecule has 230 valence electrons. The highest BCUT2D eigenvalue weighted by Crippen LogP contribution is 2.18. The molecule has 8 heteroatoms. The van der Waals surface area contributed by atoms with E-state index in [0.717, 1.165) is 12.8 Å². The Morgan fingerprint density at radius 3 is 1.38 bits per heavy atom. The predicted molar refractivity (Wildman–Crippen MR) is 160 cm³/mol. The molecule has 1 aliphatic heterocycles. The van der Waals surface area contributed by atoms with Crippen molar-refractivity contribution in [2.45, 2.75) is 136 Å². The second-order valence-electron chi connectivity index (χ2n) is 10.7. The van der Waals surface area contributed by atoms with E-state index in [1.165, 1.54) is 83.5 Å². The Hall–Kier alpha value is -2.29. The van der Waals surface area contributed by atoms with Crippen molar-refractivity contribution in [3.05, 3.63) is 35.4 Å². The maximum Gasteiger partial charge on any atom is 0.346 e. The summed E-state index contributed by atoms with van der Waals surface area (Å²) in [5, 5.41) is 28.8. The van der Waals surface area contributed by atoms with Gasteiger partial charge in [-0.05, 0) is 32.4 Å². The number of carbonyl (C=O) groups excluding carboxylic acids is 2. The van der Waals surface area contributed by atoms with Crippen LogP contribution in [-0.2, 0) is 9.53 Å². The zero-order valence-corrected chi connectivity index (χ0v) is 25.2. The SMILES string of the molecule is CC(O)CNCC(C)O.CCCCCCCCCCCCCCCCCC(=O)O.O=C1OC(=O)c2ccccc21. The van der Waals surface area contributed by atoms with E-state index in [9.17, 15) is 14.4 Å². The molecule has 8 nitrogen and oxygen atoms in total. The van der Waals surface area contributed by atoms with Gasteiger partial charge in [-0.2, -0.15) is 0 Å². The molecule has 2 atom stereocenters. The summed E-state index contributed by atoms with van der Waals surface area (Å²) in [7, 11) is 0. The molecule has 0 fully saturated rings. The molecule has 2 unspecified atom stereocenters. The predicted octanol–water partition coefficient (Wildman–Crippen LogP) is 6.67. The van der Waals surface area contributed by atoms with Gasteiger partial charge in [0.2, 0.25) is 0 Å². The quantitative estimate of drug-likeness (QED) is 0.0783. The van der Waals surface area contributed by atoms with Crippen LogP contribution in [0, 0.1) is 0 Å². The molecule has 0 aliphatic carbocycles. The summed E-state index contributed by atoms with van der Waals surface area (Å²) in [6, 6.07) is 6.53. The first kappa shape index (κ1) is 37.7. The van der Waals surface area contributed by atoms with Crippen LogP contribution in [0.3, 0.4) is 0 Å². The summed E-state index contributed by atoms with van der Waals surface area (Å²) in [5.74, 6) is -1.75. The standard InChI is InChI=1S/C18H36O2.C8H4O3.C6H15NO2/c1-2-3-4-5-6-7-8-9-10-11-12-13-14-15-16-17-18(19)20;9-7-5-3-1-2-4-6(5)8(10)11-7;1-5(8)3-7-4-6(2)9/h2-17H2,1H3,(H,19,20);1-4H;5-9H,3-4H2,1-2H3. The number of hydrogen-bond donors (Lipinski definition) is 4. The first-order chi connectivity index (χ1) is 19.2. The topological polar surface area (TPSA) is 133 Å². The zero-order valence-electron chi connectivity index (χ0n) is 25.2. The number of fused-ring (bicyclic) bond motifs is 1. The second kappa shape index (κ2) is 25.7. The van der Waals surface area contributed by atoms with Crippen LogP contribution in [0.2, 0.25) is 0 Å². The fraction of sp³-hybridized carbons (Fsp3) is 0.719. The molecule has 0 radical (unpaired) electrons. The second-order valence-corrected chi connectivity index (χ2v) is 10.7. The smallest absolute Gasteiger partial charge is 0.346 e. The van der Waals surface area contributed by atoms with Gasteiger partial charge in [0.1, 0.15) is 0 Å². The third kappa shape index (κ3) is 22.5. The third-order valence-corrected chi connectivity index (χ3v) is 6.43. The molecule has 1 heterocycles. The molecule has 0 spiro atoms. The van der Waals surface area contributed by atoms with E-state index in [2.05, 4.69) is 17.0 Å². The summed E-state index contributed by atoms with van der Waals surface area (Å²) in [6.07, 6.45) is 19.5. The minimum atomic E-state index is -0.653. The van der Waals surface area contributed by atoms with Crippen LogP contribution in [0.4, 0.5) is 0 Å². The Bertz CT molecular complexity index is 754. The van der Waals surface area contributed by atoms with E-state index in [4.69, 9.17) is 15.3 Å². The van der Waals surface area contributed by atoms with E-state index < -0.39 is 17.9 Å². The number of ether oxygens (including phenoxy) is 1. The van der Waals surface area contributed by atoms with Crippen molar-refractivity contribution in [1.29, 1.82) is 0 Å². The molecule has 0 saturated carbocycles. The molecule has 0 amide bonds. The number of unbranched alkanes of at least 4 members (excludes halogenated alkanes) is 14. The summed E-state index contributed by atoms with van der Waals surface area (Å²) in [5.41, 5.74) is 0.718. The Morgan fingerprint density at radius 2 is 1.05 bits per heavy atom. The number of benzene rings is 1. The number of carboxylic acid groups (broad SMARTS) is 1. The number of aliphatic hydroxyl groups is 2. The van der Waals surface area contributed by atoms with Crippen molar-refractivity contribution in [1.82, 2.24) is 5.32 Å². The molecule has 1 aromatic carbocycles. The summed E-state index contributed by atoms with van der Waals surface area (Å²) in [6.45, 7) is 6.77. The average Bonchev–Trinajstić information content (AvgIpc) is 3.20. The highest BCUT2D eigenvalue weighted by atomic mass is 16.6. The van der Waals surface area contributed by atoms with Crippen LogP contribution in [0.5, 0.6) is 0 Å². The highest BCUT2D eigenvalue weighted by Gasteiger charge is 2.28. The van der Waals surface area contributed by atoms with E-state index in [1.807, 2.05) is 0 Å². The maximum atomic E-state index is 10.8. The molecular weight excluding hydrogens is 510 g/mol. The van der Waals surface area contributed by atoms with Crippen LogP contribution in [0.1, 0.15) is 144 Å². The number of cyclic esters (lactones) is 2. The lowest BCUT2D eigenvalue weighted by Gasteiger charge is -2.07. The van der Waals surface area contributed by atoms with Crippen LogP contribution >= 0.6 is 0 Å². The van der Waals surface area contributed by atoms with Gasteiger partial charge >= 0.3 is 17.9 Å². The number of rotatable bonds is 20. The van der Waals surface area contributed by atoms with E-state index in [1.54, 1.807) is 38.1 Å². The van der Waals surface area contributed by atoms with Gasteiger partial charge in [0.15, 0.2) is 0 Å². The summed E-state index contributed by atoms with van der Waals surface area (Å²) < 4.78 is 4.35. The van der Waals surface area contributed by atoms with Gasteiger partial charge in [0.05, 0.1) is 23.3 Å². The average molecular weight is 566 g/mol. The fourth-order valence-corrected chi connectivity index (χ4v) is 4.18. The van der Waals surface area contributed by atoms with E-state index in [-0.39, 0.29) is 12.2 Å². The molecule has 0 saturated heterocycles. The molecule has 1 aliphatic rings. The monoisotopic (exact) mass is 565 g/mol. The van der Waals surface area contributed by atoms with Gasteiger partial charge in [-0.1, -0.05) is 109 Å². The fourth-order valence-electron chi connectivity index (χ4n) is 4.18. The lowest BCUT2D eigenvalue weighted by Crippen LogP contribution is -2.30. The number of hydrogen-bond acceptors (Lipinski definition) is 7. The minimum absolute atomic E-state index is 0.330. The van der Waals surface area contributed by atoms with Crippen molar-refractivity contribution in [2.75, 3.05) is 13.1 Å². The molecule has 4 N–H and O–H groups in total. The Labute approximate surface area is 241 Å². The number of carbonyl (C=O) groups is 3.